The molecule has 72 valence electrons. The molecule has 0 N–H and O–H groups in total. The number of halogens is 6. The van der Waals surface area contributed by atoms with Crippen LogP contribution in [-0.4, -0.2) is 12.1 Å². The highest BCUT2D eigenvalue weighted by Crippen LogP contribution is 2.44. The van der Waals surface area contributed by atoms with Crippen LogP contribution in [0.25, 0.3) is 0 Å². The van der Waals surface area contributed by atoms with Gasteiger partial charge in [0.15, 0.2) is 0 Å². The third-order valence-corrected chi connectivity index (χ3v) is 1.16. The lowest BCUT2D eigenvalue weighted by Gasteiger charge is -2.24. The van der Waals surface area contributed by atoms with Gasteiger partial charge in [0.1, 0.15) is 0 Å². The van der Waals surface area contributed by atoms with E-state index in [1.54, 1.807) is 0 Å². The first-order chi connectivity index (χ1) is 5.10. The monoisotopic (exact) mass is 192 g/mol. The minimum Gasteiger partial charge on any atom is -0.223 e. The summed E-state index contributed by atoms with van der Waals surface area (Å²) in [5, 5.41) is 0. The number of rotatable bonds is 2. The Balaban J connectivity index is 4.57. The molecule has 0 aromatic heterocycles. The second-order valence-electron chi connectivity index (χ2n) is 2.34. The fourth-order valence-electron chi connectivity index (χ4n) is 0.405. The van der Waals surface area contributed by atoms with Crippen LogP contribution < -0.4 is 0 Å². The summed E-state index contributed by atoms with van der Waals surface area (Å²) in [6.45, 7) is 3.33. The first-order valence-electron chi connectivity index (χ1n) is 2.91. The summed E-state index contributed by atoms with van der Waals surface area (Å²) in [6.07, 6.45) is -8.91. The summed E-state index contributed by atoms with van der Waals surface area (Å²) in [5.41, 5.74) is 0. The van der Waals surface area contributed by atoms with Crippen LogP contribution in [0.1, 0.15) is 6.92 Å². The lowest BCUT2D eigenvalue weighted by molar-refractivity contribution is -0.199. The molecule has 0 aromatic carbocycles. The molecule has 0 heterocycles. The van der Waals surface area contributed by atoms with Gasteiger partial charge in [0.2, 0.25) is 0 Å². The van der Waals surface area contributed by atoms with E-state index in [2.05, 4.69) is 6.92 Å². The summed E-state index contributed by atoms with van der Waals surface area (Å²) < 4.78 is 70.6. The number of alkyl halides is 5. The van der Waals surface area contributed by atoms with Gasteiger partial charge in [-0.15, -0.1) is 0 Å². The molecule has 12 heavy (non-hydrogen) atoms. The predicted molar refractivity (Wildman–Crippen MR) is 29.9 cm³/mol. The van der Waals surface area contributed by atoms with Crippen molar-refractivity contribution >= 4 is 0 Å². The lowest BCUT2D eigenvalue weighted by Crippen LogP contribution is -2.38. The molecule has 0 aliphatic carbocycles. The SMILES string of the molecule is [CH2]C(C)C(F)(F)[C](F)C(F)(F)F. The summed E-state index contributed by atoms with van der Waals surface area (Å²) >= 11 is 0. The fourth-order valence-corrected chi connectivity index (χ4v) is 0.405. The zero-order valence-electron chi connectivity index (χ0n) is 6.05. The Morgan fingerprint density at radius 1 is 1.17 bits per heavy atom. The first kappa shape index (κ1) is 11.6. The molecule has 0 rings (SSSR count). The average molecular weight is 192 g/mol. The van der Waals surface area contributed by atoms with Crippen LogP contribution in [-0.2, 0) is 0 Å². The Labute approximate surface area is 65.6 Å². The Kier molecular flexibility index (Phi) is 3.03. The molecule has 1 atom stereocenters. The van der Waals surface area contributed by atoms with Gasteiger partial charge in [-0.3, -0.25) is 0 Å². The van der Waals surface area contributed by atoms with Crippen molar-refractivity contribution in [3.63, 3.8) is 0 Å². The van der Waals surface area contributed by atoms with E-state index < -0.39 is 24.2 Å². The summed E-state index contributed by atoms with van der Waals surface area (Å²) in [6, 6.07) is 0. The fraction of sp³-hybridized carbons (Fsp3) is 0.667. The van der Waals surface area contributed by atoms with E-state index >= 15 is 0 Å². The van der Waals surface area contributed by atoms with Crippen molar-refractivity contribution in [1.29, 1.82) is 0 Å². The second kappa shape index (κ2) is 3.14. The molecule has 0 nitrogen and oxygen atoms in total. The Bertz CT molecular complexity index is 147. The van der Waals surface area contributed by atoms with Crippen LogP contribution in [0, 0.1) is 19.0 Å². The molecule has 0 fully saturated rings. The Morgan fingerprint density at radius 3 is 1.58 bits per heavy atom. The standard InChI is InChI=1S/C6H6F6/c1-3(2)5(8,9)4(7)6(10,11)12/h3H,1H2,2H3. The van der Waals surface area contributed by atoms with Crippen molar-refractivity contribution in [2.45, 2.75) is 19.0 Å². The van der Waals surface area contributed by atoms with Gasteiger partial charge in [-0.05, 0) is 6.92 Å². The van der Waals surface area contributed by atoms with E-state index in [4.69, 9.17) is 0 Å². The molecule has 0 aromatic rings. The number of hydrogen-bond donors (Lipinski definition) is 0. The zero-order valence-corrected chi connectivity index (χ0v) is 6.05. The van der Waals surface area contributed by atoms with Crippen LogP contribution in [0.3, 0.4) is 0 Å². The molecule has 0 bridgehead atoms. The molecule has 2 radical (unpaired) electrons. The lowest BCUT2D eigenvalue weighted by atomic mass is 10.0. The van der Waals surface area contributed by atoms with Crippen molar-refractivity contribution in [2.24, 2.45) is 5.92 Å². The molecule has 0 spiro atoms. The van der Waals surface area contributed by atoms with E-state index in [1.807, 2.05) is 0 Å². The highest BCUT2D eigenvalue weighted by Gasteiger charge is 2.59. The van der Waals surface area contributed by atoms with Gasteiger partial charge in [0, 0.05) is 5.92 Å². The van der Waals surface area contributed by atoms with Crippen molar-refractivity contribution in [3.05, 3.63) is 13.1 Å². The maximum atomic E-state index is 12.2. The van der Waals surface area contributed by atoms with E-state index in [0.29, 0.717) is 6.92 Å². The minimum atomic E-state index is -5.62. The highest BCUT2D eigenvalue weighted by atomic mass is 19.4. The third kappa shape index (κ3) is 2.28. The van der Waals surface area contributed by atoms with E-state index in [9.17, 15) is 26.3 Å². The van der Waals surface area contributed by atoms with Crippen molar-refractivity contribution in [3.8, 4) is 0 Å². The molecule has 0 saturated heterocycles. The summed E-state index contributed by atoms with van der Waals surface area (Å²) in [4.78, 5) is 0. The molecule has 6 heteroatoms. The average Bonchev–Trinajstić information content (AvgIpc) is 1.83. The summed E-state index contributed by atoms with van der Waals surface area (Å²) in [5.74, 6) is -6.50. The van der Waals surface area contributed by atoms with Crippen LogP contribution in [0.5, 0.6) is 0 Å². The van der Waals surface area contributed by atoms with E-state index in [1.165, 1.54) is 0 Å². The molecule has 0 amide bonds. The first-order valence-corrected chi connectivity index (χ1v) is 2.91. The number of hydrogen-bond acceptors (Lipinski definition) is 0. The van der Waals surface area contributed by atoms with Gasteiger partial charge in [0.25, 0.3) is 5.92 Å². The highest BCUT2D eigenvalue weighted by molar-refractivity contribution is 5.02. The van der Waals surface area contributed by atoms with Crippen molar-refractivity contribution in [1.82, 2.24) is 0 Å². The molecule has 0 saturated carbocycles. The van der Waals surface area contributed by atoms with Gasteiger partial charge in [0.05, 0.1) is 0 Å². The second-order valence-corrected chi connectivity index (χ2v) is 2.34. The van der Waals surface area contributed by atoms with Crippen molar-refractivity contribution < 1.29 is 26.3 Å². The normalized spacial score (nSPS) is 14.5. The molecular formula is C6H6F6. The summed E-state index contributed by atoms with van der Waals surface area (Å²) in [7, 11) is 0. The van der Waals surface area contributed by atoms with Crippen LogP contribution in [0.2, 0.25) is 0 Å². The van der Waals surface area contributed by atoms with Gasteiger partial charge < -0.3 is 0 Å². The molecule has 0 aliphatic rings. The Hall–Kier alpha value is -0.420. The topological polar surface area (TPSA) is 0 Å². The maximum absolute atomic E-state index is 12.2. The smallest absolute Gasteiger partial charge is 0.223 e. The molecule has 0 aliphatic heterocycles. The Morgan fingerprint density at radius 2 is 1.50 bits per heavy atom. The van der Waals surface area contributed by atoms with E-state index in [0.717, 1.165) is 0 Å². The quantitative estimate of drug-likeness (QED) is 0.589. The predicted octanol–water partition coefficient (Wildman–Crippen LogP) is 3.16. The van der Waals surface area contributed by atoms with Gasteiger partial charge >= 0.3 is 12.3 Å². The van der Waals surface area contributed by atoms with Gasteiger partial charge in [-0.2, -0.15) is 13.2 Å². The van der Waals surface area contributed by atoms with Crippen molar-refractivity contribution in [2.75, 3.05) is 0 Å². The van der Waals surface area contributed by atoms with Gasteiger partial charge in [-0.25, -0.2) is 13.2 Å². The molecule has 1 unspecified atom stereocenters. The largest absolute Gasteiger partial charge is 0.432 e. The molecular weight excluding hydrogens is 186 g/mol. The van der Waals surface area contributed by atoms with Crippen LogP contribution in [0.15, 0.2) is 0 Å². The van der Waals surface area contributed by atoms with Gasteiger partial charge in [-0.1, -0.05) is 6.92 Å². The van der Waals surface area contributed by atoms with Crippen LogP contribution in [0.4, 0.5) is 26.3 Å². The maximum Gasteiger partial charge on any atom is 0.432 e. The minimum absolute atomic E-state index is 0.700. The third-order valence-electron chi connectivity index (χ3n) is 1.16. The van der Waals surface area contributed by atoms with Crippen LogP contribution >= 0.6 is 0 Å². The van der Waals surface area contributed by atoms with E-state index in [-0.39, 0.29) is 0 Å². The zero-order chi connectivity index (χ0) is 10.2.